The zero-order valence-electron chi connectivity index (χ0n) is 22.6. The Bertz CT molecular complexity index is 1770. The molecule has 7 rings (SSSR count). The highest BCUT2D eigenvalue weighted by Gasteiger charge is 2.35. The summed E-state index contributed by atoms with van der Waals surface area (Å²) >= 11 is 1.39. The van der Waals surface area contributed by atoms with E-state index < -0.39 is 12.6 Å². The van der Waals surface area contributed by atoms with Crippen LogP contribution in [0.4, 0.5) is 8.78 Å². The SMILES string of the molecule is O=C(c1cc(-c2nc3cc(-c4cnsc4)ccc3o2)ccn1)N1CCN(C(C2=NNN(C(F)F)N2)c2ccccc2)CC1. The third-order valence-corrected chi connectivity index (χ3v) is 8.01. The number of hydrazine groups is 2. The Morgan fingerprint density at radius 2 is 1.81 bits per heavy atom. The molecule has 2 aromatic carbocycles. The molecular formula is C29H25F2N9O2S. The van der Waals surface area contributed by atoms with Crippen molar-refractivity contribution in [1.29, 1.82) is 0 Å². The van der Waals surface area contributed by atoms with Crippen LogP contribution in [0.5, 0.6) is 0 Å². The van der Waals surface area contributed by atoms with E-state index in [0.29, 0.717) is 59.7 Å². The number of carbonyl (C=O) groups excluding carboxylic acids is 1. The molecule has 0 aliphatic carbocycles. The van der Waals surface area contributed by atoms with Crippen molar-refractivity contribution in [3.8, 4) is 22.6 Å². The molecule has 2 N–H and O–H groups in total. The first-order valence-electron chi connectivity index (χ1n) is 13.6. The topological polar surface area (TPSA) is 115 Å². The maximum absolute atomic E-state index is 13.5. The summed E-state index contributed by atoms with van der Waals surface area (Å²) in [6, 6.07) is 18.4. The first-order chi connectivity index (χ1) is 21.0. The summed E-state index contributed by atoms with van der Waals surface area (Å²) < 4.78 is 36.6. The predicted molar refractivity (Wildman–Crippen MR) is 157 cm³/mol. The molecule has 1 amide bonds. The number of alkyl halides is 2. The molecule has 2 aliphatic rings. The van der Waals surface area contributed by atoms with E-state index >= 15 is 0 Å². The van der Waals surface area contributed by atoms with Gasteiger partial charge in [-0.25, -0.2) is 14.9 Å². The summed E-state index contributed by atoms with van der Waals surface area (Å²) in [4.78, 5) is 26.4. The van der Waals surface area contributed by atoms with E-state index in [0.717, 1.165) is 16.7 Å². The lowest BCUT2D eigenvalue weighted by molar-refractivity contribution is -0.0715. The third-order valence-electron chi connectivity index (χ3n) is 7.43. The van der Waals surface area contributed by atoms with Crippen LogP contribution in [0.25, 0.3) is 33.7 Å². The van der Waals surface area contributed by atoms with Gasteiger partial charge in [-0.3, -0.25) is 20.1 Å². The van der Waals surface area contributed by atoms with Crippen molar-refractivity contribution < 1.29 is 18.0 Å². The fourth-order valence-electron chi connectivity index (χ4n) is 5.28. The Kier molecular flexibility index (Phi) is 7.22. The van der Waals surface area contributed by atoms with Crippen molar-refractivity contribution in [3.63, 3.8) is 0 Å². The molecule has 0 bridgehead atoms. The molecule has 3 aromatic heterocycles. The molecule has 0 spiro atoms. The minimum atomic E-state index is -2.77. The van der Waals surface area contributed by atoms with Gasteiger partial charge in [0.05, 0.1) is 6.04 Å². The van der Waals surface area contributed by atoms with E-state index in [-0.39, 0.29) is 11.6 Å². The van der Waals surface area contributed by atoms with Crippen LogP contribution in [0.2, 0.25) is 0 Å². The molecule has 1 unspecified atom stereocenters. The first-order valence-corrected chi connectivity index (χ1v) is 14.4. The fourth-order valence-corrected chi connectivity index (χ4v) is 5.82. The van der Waals surface area contributed by atoms with Gasteiger partial charge < -0.3 is 9.32 Å². The van der Waals surface area contributed by atoms with Crippen LogP contribution in [0.1, 0.15) is 22.1 Å². The van der Waals surface area contributed by atoms with Gasteiger partial charge in [-0.1, -0.05) is 41.5 Å². The smallest absolute Gasteiger partial charge is 0.329 e. The van der Waals surface area contributed by atoms with E-state index in [4.69, 9.17) is 4.42 Å². The number of benzene rings is 2. The lowest BCUT2D eigenvalue weighted by atomic mass is 10.0. The van der Waals surface area contributed by atoms with Crippen LogP contribution in [0.3, 0.4) is 0 Å². The molecule has 5 heterocycles. The van der Waals surface area contributed by atoms with Crippen molar-refractivity contribution in [2.24, 2.45) is 5.10 Å². The summed E-state index contributed by atoms with van der Waals surface area (Å²) in [5.74, 6) is 0.555. The number of oxazole rings is 1. The number of nitrogens with one attached hydrogen (secondary N) is 2. The molecule has 5 aromatic rings. The number of fused-ring (bicyclic) bond motifs is 1. The zero-order valence-corrected chi connectivity index (χ0v) is 23.4. The van der Waals surface area contributed by atoms with Crippen molar-refractivity contribution in [3.05, 3.63) is 89.7 Å². The monoisotopic (exact) mass is 601 g/mol. The Morgan fingerprint density at radius 3 is 2.56 bits per heavy atom. The van der Waals surface area contributed by atoms with Crippen LogP contribution < -0.4 is 11.0 Å². The second-order valence-electron chi connectivity index (χ2n) is 10.0. The van der Waals surface area contributed by atoms with Crippen LogP contribution in [0, 0.1) is 0 Å². The van der Waals surface area contributed by atoms with Crippen molar-refractivity contribution in [2.45, 2.75) is 12.6 Å². The number of aromatic nitrogens is 3. The van der Waals surface area contributed by atoms with E-state index in [1.807, 2.05) is 60.1 Å². The first kappa shape index (κ1) is 27.1. The summed E-state index contributed by atoms with van der Waals surface area (Å²) in [6.07, 6.45) is 3.39. The number of amidine groups is 1. The molecule has 0 radical (unpaired) electrons. The van der Waals surface area contributed by atoms with Crippen molar-refractivity contribution >= 4 is 34.4 Å². The Balaban J connectivity index is 1.06. The molecule has 0 saturated carbocycles. The van der Waals surface area contributed by atoms with Gasteiger partial charge in [0.15, 0.2) is 11.4 Å². The average Bonchev–Trinajstić information content (AvgIpc) is 3.83. The van der Waals surface area contributed by atoms with Gasteiger partial charge >= 0.3 is 6.55 Å². The molecule has 1 saturated heterocycles. The Morgan fingerprint density at radius 1 is 0.977 bits per heavy atom. The lowest BCUT2D eigenvalue weighted by Gasteiger charge is -2.39. The van der Waals surface area contributed by atoms with Gasteiger partial charge in [0.1, 0.15) is 11.2 Å². The van der Waals surface area contributed by atoms with Gasteiger partial charge in [0.2, 0.25) is 5.89 Å². The van der Waals surface area contributed by atoms with Crippen LogP contribution in [-0.4, -0.2) is 73.7 Å². The Labute approximate surface area is 248 Å². The average molecular weight is 602 g/mol. The minimum absolute atomic E-state index is 0.206. The van der Waals surface area contributed by atoms with Gasteiger partial charge in [0, 0.05) is 55.1 Å². The highest BCUT2D eigenvalue weighted by Crippen LogP contribution is 2.30. The number of hydrazone groups is 1. The number of nitrogens with zero attached hydrogens (tertiary/aromatic N) is 7. The molecule has 218 valence electrons. The molecule has 1 atom stereocenters. The van der Waals surface area contributed by atoms with Gasteiger partial charge in [-0.15, -0.1) is 5.10 Å². The van der Waals surface area contributed by atoms with Gasteiger partial charge in [0.25, 0.3) is 5.91 Å². The predicted octanol–water partition coefficient (Wildman–Crippen LogP) is 4.37. The van der Waals surface area contributed by atoms with E-state index in [1.54, 1.807) is 23.2 Å². The maximum atomic E-state index is 13.5. The third kappa shape index (κ3) is 5.43. The van der Waals surface area contributed by atoms with Crippen LogP contribution in [0.15, 0.2) is 88.0 Å². The number of pyridine rings is 1. The number of hydrogen-bond donors (Lipinski definition) is 2. The second-order valence-corrected chi connectivity index (χ2v) is 10.7. The molecule has 43 heavy (non-hydrogen) atoms. The van der Waals surface area contributed by atoms with Crippen LogP contribution in [-0.2, 0) is 0 Å². The number of halogens is 2. The number of piperazine rings is 1. The number of amides is 1. The summed E-state index contributed by atoms with van der Waals surface area (Å²) in [7, 11) is 0. The number of hydrogen-bond acceptors (Lipinski definition) is 11. The minimum Gasteiger partial charge on any atom is -0.436 e. The highest BCUT2D eigenvalue weighted by molar-refractivity contribution is 7.03. The largest absolute Gasteiger partial charge is 0.436 e. The highest BCUT2D eigenvalue weighted by atomic mass is 32.1. The van der Waals surface area contributed by atoms with Crippen LogP contribution >= 0.6 is 11.5 Å². The standard InChI is InChI=1S/C29H25F2N9O2S/c30-29(31)40-36-26(35-37-40)25(18-4-2-1-3-5-18)38-10-12-39(13-11-38)28(41)23-15-20(8-9-32-23)27-34-22-14-19(6-7-24(22)42-27)21-16-33-43-17-21/h1-9,14-17,25,29,37H,10-13H2,(H,35,36). The summed E-state index contributed by atoms with van der Waals surface area (Å²) in [5.41, 5.74) is 10.2. The summed E-state index contributed by atoms with van der Waals surface area (Å²) in [5, 5.41) is 6.65. The second kappa shape index (κ2) is 11.5. The van der Waals surface area contributed by atoms with E-state index in [2.05, 4.69) is 35.3 Å². The fraction of sp³-hybridized carbons (Fsp3) is 0.207. The molecule has 2 aliphatic heterocycles. The van der Waals surface area contributed by atoms with E-state index in [1.165, 1.54) is 11.5 Å². The molecular weight excluding hydrogens is 576 g/mol. The zero-order chi connectivity index (χ0) is 29.3. The normalized spacial score (nSPS) is 16.7. The van der Waals surface area contributed by atoms with Crippen molar-refractivity contribution in [2.75, 3.05) is 26.2 Å². The molecule has 14 heteroatoms. The van der Waals surface area contributed by atoms with Gasteiger partial charge in [-0.2, -0.15) is 8.78 Å². The van der Waals surface area contributed by atoms with Gasteiger partial charge in [-0.05, 0) is 46.9 Å². The maximum Gasteiger partial charge on any atom is 0.329 e. The number of rotatable bonds is 7. The summed E-state index contributed by atoms with van der Waals surface area (Å²) in [6.45, 7) is -0.903. The molecule has 11 nitrogen and oxygen atoms in total. The molecule has 1 fully saturated rings. The Hall–Kier alpha value is -4.79. The lowest BCUT2D eigenvalue weighted by Crippen LogP contribution is -2.53. The number of carbonyl (C=O) groups is 1. The van der Waals surface area contributed by atoms with E-state index in [9.17, 15) is 13.6 Å². The van der Waals surface area contributed by atoms with Crippen molar-refractivity contribution in [1.82, 2.24) is 40.2 Å². The quantitative estimate of drug-likeness (QED) is 0.263.